The van der Waals surface area contributed by atoms with Gasteiger partial charge >= 0.3 is 5.97 Å². The van der Waals surface area contributed by atoms with E-state index in [2.05, 4.69) is 40.8 Å². The highest BCUT2D eigenvalue weighted by Gasteiger charge is 2.63. The Balaban J connectivity index is 1.61. The molecule has 0 N–H and O–H groups in total. The predicted molar refractivity (Wildman–Crippen MR) is 138 cm³/mol. The molecule has 3 nitrogen and oxygen atoms in total. The van der Waals surface area contributed by atoms with Gasteiger partial charge in [-0.2, -0.15) is 0 Å². The summed E-state index contributed by atoms with van der Waals surface area (Å²) in [6.45, 7) is 15.0. The summed E-state index contributed by atoms with van der Waals surface area (Å²) in [5.74, 6) is 4.56. The molecule has 4 aliphatic rings. The molecule has 4 fully saturated rings. The van der Waals surface area contributed by atoms with Crippen LogP contribution < -0.4 is 0 Å². The van der Waals surface area contributed by atoms with Crippen LogP contribution in [-0.4, -0.2) is 27.5 Å². The van der Waals surface area contributed by atoms with E-state index in [1.165, 1.54) is 70.9 Å². The first kappa shape index (κ1) is 25.7. The standard InChI is InChI=1S/C29H52O3Si/c1-8-33(6,7)32-25-19-21-11-9-10-17-28(21,3)24-16-18-29(4)22(13-14-23(29)27(24)25)20(2)12-15-26(30)31-5/h20-25,27H,8-19H2,1-7H3/t20-,21-,22-,23+,24+,25+,27+,28+,29-/m1/s1. The molecule has 0 amide bonds. The van der Waals surface area contributed by atoms with Gasteiger partial charge < -0.3 is 9.16 Å². The third kappa shape index (κ3) is 4.61. The van der Waals surface area contributed by atoms with Gasteiger partial charge in [-0.05, 0) is 117 Å². The Morgan fingerprint density at radius 1 is 1.03 bits per heavy atom. The molecule has 0 saturated heterocycles. The molecular weight excluding hydrogens is 424 g/mol. The van der Waals surface area contributed by atoms with Crippen molar-refractivity contribution in [2.24, 2.45) is 46.3 Å². The molecule has 0 aromatic rings. The Morgan fingerprint density at radius 3 is 2.45 bits per heavy atom. The third-order valence-electron chi connectivity index (χ3n) is 11.7. The molecule has 4 rings (SSSR count). The Morgan fingerprint density at radius 2 is 1.76 bits per heavy atom. The van der Waals surface area contributed by atoms with E-state index in [9.17, 15) is 4.79 Å². The fourth-order valence-corrected chi connectivity index (χ4v) is 10.7. The number of hydrogen-bond acceptors (Lipinski definition) is 3. The van der Waals surface area contributed by atoms with Gasteiger partial charge in [-0.15, -0.1) is 0 Å². The number of fused-ring (bicyclic) bond motifs is 5. The number of esters is 1. The van der Waals surface area contributed by atoms with Crippen LogP contribution in [0.2, 0.25) is 19.1 Å². The zero-order chi connectivity index (χ0) is 24.0. The van der Waals surface area contributed by atoms with Crippen molar-refractivity contribution in [1.82, 2.24) is 0 Å². The Labute approximate surface area is 205 Å². The lowest BCUT2D eigenvalue weighted by Crippen LogP contribution is -2.59. The maximum absolute atomic E-state index is 11.8. The van der Waals surface area contributed by atoms with Crippen molar-refractivity contribution in [3.63, 3.8) is 0 Å². The van der Waals surface area contributed by atoms with Crippen molar-refractivity contribution >= 4 is 14.3 Å². The summed E-state index contributed by atoms with van der Waals surface area (Å²) < 4.78 is 12.2. The molecule has 33 heavy (non-hydrogen) atoms. The van der Waals surface area contributed by atoms with Crippen LogP contribution in [0.1, 0.15) is 98.3 Å². The second-order valence-electron chi connectivity index (χ2n) is 13.6. The maximum atomic E-state index is 11.8. The average Bonchev–Trinajstić information content (AvgIpc) is 3.14. The molecule has 0 heterocycles. The fraction of sp³-hybridized carbons (Fsp3) is 0.966. The molecule has 4 aliphatic carbocycles. The number of rotatable bonds is 7. The van der Waals surface area contributed by atoms with E-state index in [1.807, 2.05) is 0 Å². The van der Waals surface area contributed by atoms with Crippen LogP contribution in [0.5, 0.6) is 0 Å². The molecule has 0 unspecified atom stereocenters. The van der Waals surface area contributed by atoms with Crippen molar-refractivity contribution in [1.29, 1.82) is 0 Å². The van der Waals surface area contributed by atoms with E-state index in [0.29, 0.717) is 29.3 Å². The van der Waals surface area contributed by atoms with Gasteiger partial charge in [0, 0.05) is 12.5 Å². The largest absolute Gasteiger partial charge is 0.469 e. The lowest BCUT2D eigenvalue weighted by molar-refractivity contribution is -0.160. The van der Waals surface area contributed by atoms with Gasteiger partial charge in [0.1, 0.15) is 0 Å². The first-order valence-electron chi connectivity index (χ1n) is 14.3. The summed E-state index contributed by atoms with van der Waals surface area (Å²) in [7, 11) is -0.0914. The van der Waals surface area contributed by atoms with Crippen molar-refractivity contribution in [2.75, 3.05) is 7.11 Å². The summed E-state index contributed by atoms with van der Waals surface area (Å²) in [4.78, 5) is 11.8. The first-order valence-corrected chi connectivity index (χ1v) is 17.4. The lowest BCUT2D eigenvalue weighted by Gasteiger charge is -2.63. The van der Waals surface area contributed by atoms with Crippen LogP contribution in [0.25, 0.3) is 0 Å². The van der Waals surface area contributed by atoms with Crippen LogP contribution in [0.15, 0.2) is 0 Å². The Kier molecular flexibility index (Phi) is 7.48. The van der Waals surface area contributed by atoms with Gasteiger partial charge in [-0.1, -0.05) is 40.5 Å². The summed E-state index contributed by atoms with van der Waals surface area (Å²) in [5, 5.41) is 0. The summed E-state index contributed by atoms with van der Waals surface area (Å²) in [6, 6.07) is 1.22. The molecule has 0 aliphatic heterocycles. The molecular formula is C29H52O3Si. The quantitative estimate of drug-likeness (QED) is 0.277. The molecule has 0 aromatic carbocycles. The van der Waals surface area contributed by atoms with Gasteiger partial charge in [0.2, 0.25) is 0 Å². The number of methoxy groups -OCH3 is 1. The van der Waals surface area contributed by atoms with Crippen LogP contribution in [-0.2, 0) is 14.0 Å². The fourth-order valence-electron chi connectivity index (χ4n) is 9.47. The monoisotopic (exact) mass is 476 g/mol. The van der Waals surface area contributed by atoms with Crippen LogP contribution >= 0.6 is 0 Å². The number of hydrogen-bond donors (Lipinski definition) is 0. The van der Waals surface area contributed by atoms with Crippen molar-refractivity contribution in [2.45, 2.75) is 124 Å². The molecule has 0 bridgehead atoms. The second kappa shape index (κ2) is 9.60. The number of carbonyl (C=O) groups excluding carboxylic acids is 1. The minimum atomic E-state index is -1.61. The second-order valence-corrected chi connectivity index (χ2v) is 18.0. The van der Waals surface area contributed by atoms with E-state index in [1.54, 1.807) is 0 Å². The third-order valence-corrected chi connectivity index (χ3v) is 14.3. The van der Waals surface area contributed by atoms with Gasteiger partial charge in [0.25, 0.3) is 0 Å². The normalized spacial score (nSPS) is 43.8. The highest BCUT2D eigenvalue weighted by molar-refractivity contribution is 6.71. The minimum absolute atomic E-state index is 0.0472. The van der Waals surface area contributed by atoms with E-state index >= 15 is 0 Å². The highest BCUT2D eigenvalue weighted by atomic mass is 28.4. The molecule has 9 atom stereocenters. The van der Waals surface area contributed by atoms with Crippen LogP contribution in [0.4, 0.5) is 0 Å². The summed E-state index contributed by atoms with van der Waals surface area (Å²) in [5.41, 5.74) is 0.949. The number of ether oxygens (including phenoxy) is 1. The predicted octanol–water partition coefficient (Wildman–Crippen LogP) is 7.84. The smallest absolute Gasteiger partial charge is 0.305 e. The molecule has 0 radical (unpaired) electrons. The molecule has 4 saturated carbocycles. The Hall–Kier alpha value is -0.353. The SMILES string of the molecule is CC[Si](C)(C)O[C@H]1C[C@H]2CCCC[C@]2(C)[C@H]2CC[C@]3(C)[C@@H]([C@H](C)CCC(=O)OC)CC[C@H]3[C@H]12. The maximum Gasteiger partial charge on any atom is 0.305 e. The van der Waals surface area contributed by atoms with Crippen LogP contribution in [0, 0.1) is 46.3 Å². The highest BCUT2D eigenvalue weighted by Crippen LogP contribution is 2.69. The van der Waals surface area contributed by atoms with Gasteiger partial charge in [-0.3, -0.25) is 4.79 Å². The minimum Gasteiger partial charge on any atom is -0.469 e. The van der Waals surface area contributed by atoms with Crippen LogP contribution in [0.3, 0.4) is 0 Å². The van der Waals surface area contributed by atoms with E-state index < -0.39 is 8.32 Å². The van der Waals surface area contributed by atoms with Crippen molar-refractivity contribution in [3.8, 4) is 0 Å². The molecule has 0 spiro atoms. The van der Waals surface area contributed by atoms with Crippen molar-refractivity contribution < 1.29 is 14.0 Å². The van der Waals surface area contributed by atoms with E-state index in [4.69, 9.17) is 9.16 Å². The van der Waals surface area contributed by atoms with Gasteiger partial charge in [0.05, 0.1) is 7.11 Å². The Bertz CT molecular complexity index is 707. The molecule has 190 valence electrons. The zero-order valence-corrected chi connectivity index (χ0v) is 23.8. The van der Waals surface area contributed by atoms with E-state index in [0.717, 1.165) is 36.0 Å². The lowest BCUT2D eigenvalue weighted by atomic mass is 9.44. The zero-order valence-electron chi connectivity index (χ0n) is 22.8. The van der Waals surface area contributed by atoms with Gasteiger partial charge in [-0.25, -0.2) is 0 Å². The van der Waals surface area contributed by atoms with E-state index in [-0.39, 0.29) is 5.97 Å². The van der Waals surface area contributed by atoms with Gasteiger partial charge in [0.15, 0.2) is 8.32 Å². The summed E-state index contributed by atoms with van der Waals surface area (Å²) >= 11 is 0. The topological polar surface area (TPSA) is 35.5 Å². The molecule has 4 heteroatoms. The average molecular weight is 477 g/mol. The summed E-state index contributed by atoms with van der Waals surface area (Å²) in [6.07, 6.45) is 14.6. The van der Waals surface area contributed by atoms with Crippen molar-refractivity contribution in [3.05, 3.63) is 0 Å². The number of carbonyl (C=O) groups is 1. The molecule has 0 aromatic heterocycles. The first-order chi connectivity index (χ1) is 15.6.